The summed E-state index contributed by atoms with van der Waals surface area (Å²) in [6.07, 6.45) is 0.648. The van der Waals surface area contributed by atoms with Crippen LogP contribution in [0.25, 0.3) is 0 Å². The van der Waals surface area contributed by atoms with E-state index < -0.39 is 0 Å². The van der Waals surface area contributed by atoms with E-state index in [0.29, 0.717) is 39.6 Å². The standard InChI is InChI=1S/C16H13ClN4O3S2/c1-8-6-10(20-24-8)14(22)19-16-18-9-4-5-21(7-12(9)26-16)15(23)11-2-3-13(17)25-11/h2-3,6H,4-5,7H2,1H3,(H,18,19,22). The molecule has 0 unspecified atom stereocenters. The number of aromatic nitrogens is 2. The molecule has 1 aliphatic heterocycles. The van der Waals surface area contributed by atoms with Gasteiger partial charge in [-0.05, 0) is 19.1 Å². The first-order chi connectivity index (χ1) is 12.5. The van der Waals surface area contributed by atoms with Crippen LogP contribution in [0.3, 0.4) is 0 Å². The first-order valence-corrected chi connectivity index (χ1v) is 9.78. The number of amides is 2. The Morgan fingerprint density at radius 2 is 2.19 bits per heavy atom. The number of carbonyl (C=O) groups excluding carboxylic acids is 2. The Hall–Kier alpha value is -2.23. The van der Waals surface area contributed by atoms with Crippen molar-refractivity contribution in [1.82, 2.24) is 15.0 Å². The minimum atomic E-state index is -0.367. The van der Waals surface area contributed by atoms with Gasteiger partial charge < -0.3 is 9.42 Å². The van der Waals surface area contributed by atoms with Gasteiger partial charge in [0.25, 0.3) is 11.8 Å². The number of aryl methyl sites for hydroxylation is 1. The third-order valence-electron chi connectivity index (χ3n) is 3.88. The molecule has 26 heavy (non-hydrogen) atoms. The average molecular weight is 409 g/mol. The van der Waals surface area contributed by atoms with Gasteiger partial charge in [0.05, 0.1) is 21.5 Å². The van der Waals surface area contributed by atoms with Gasteiger partial charge in [0.1, 0.15) is 5.76 Å². The predicted molar refractivity (Wildman–Crippen MR) is 99.1 cm³/mol. The van der Waals surface area contributed by atoms with Crippen LogP contribution < -0.4 is 5.32 Å². The highest BCUT2D eigenvalue weighted by Gasteiger charge is 2.26. The molecule has 2 amide bonds. The lowest BCUT2D eigenvalue weighted by Crippen LogP contribution is -2.35. The Kier molecular flexibility index (Phi) is 4.51. The summed E-state index contributed by atoms with van der Waals surface area (Å²) in [5, 5.41) is 6.92. The van der Waals surface area contributed by atoms with Crippen LogP contribution in [0.1, 0.15) is 36.5 Å². The van der Waals surface area contributed by atoms with Crippen molar-refractivity contribution in [3.63, 3.8) is 0 Å². The largest absolute Gasteiger partial charge is 0.361 e. The molecule has 4 rings (SSSR count). The van der Waals surface area contributed by atoms with E-state index in [4.69, 9.17) is 16.1 Å². The van der Waals surface area contributed by atoms with Crippen molar-refractivity contribution in [2.45, 2.75) is 19.9 Å². The molecule has 0 aliphatic carbocycles. The zero-order valence-corrected chi connectivity index (χ0v) is 16.0. The predicted octanol–water partition coefficient (Wildman–Crippen LogP) is 3.61. The molecule has 0 saturated carbocycles. The quantitative estimate of drug-likeness (QED) is 0.715. The summed E-state index contributed by atoms with van der Waals surface area (Å²) >= 11 is 8.56. The molecule has 0 atom stereocenters. The number of fused-ring (bicyclic) bond motifs is 1. The fourth-order valence-corrected chi connectivity index (χ4v) is 4.67. The highest BCUT2D eigenvalue weighted by molar-refractivity contribution is 7.18. The molecular weight excluding hydrogens is 396 g/mol. The second-order valence-electron chi connectivity index (χ2n) is 5.75. The Morgan fingerprint density at radius 1 is 1.35 bits per heavy atom. The van der Waals surface area contributed by atoms with E-state index in [2.05, 4.69) is 15.5 Å². The molecule has 0 radical (unpaired) electrons. The molecular formula is C16H13ClN4O3S2. The lowest BCUT2D eigenvalue weighted by molar-refractivity contribution is 0.0741. The number of hydrogen-bond acceptors (Lipinski definition) is 7. The lowest BCUT2D eigenvalue weighted by Gasteiger charge is -2.25. The van der Waals surface area contributed by atoms with Gasteiger partial charge in [-0.2, -0.15) is 0 Å². The van der Waals surface area contributed by atoms with Crippen LogP contribution in [-0.2, 0) is 13.0 Å². The number of hydrogen-bond donors (Lipinski definition) is 1. The van der Waals surface area contributed by atoms with Gasteiger partial charge in [-0.15, -0.1) is 11.3 Å². The van der Waals surface area contributed by atoms with Gasteiger partial charge in [0, 0.05) is 23.9 Å². The second kappa shape index (κ2) is 6.82. The molecule has 7 nitrogen and oxygen atoms in total. The van der Waals surface area contributed by atoms with Crippen molar-refractivity contribution in [2.75, 3.05) is 11.9 Å². The highest BCUT2D eigenvalue weighted by atomic mass is 35.5. The van der Waals surface area contributed by atoms with E-state index in [1.807, 2.05) is 0 Å². The van der Waals surface area contributed by atoms with E-state index in [-0.39, 0.29) is 17.5 Å². The van der Waals surface area contributed by atoms with Gasteiger partial charge >= 0.3 is 0 Å². The van der Waals surface area contributed by atoms with Crippen LogP contribution in [0.4, 0.5) is 5.13 Å². The van der Waals surface area contributed by atoms with Crippen molar-refractivity contribution in [1.29, 1.82) is 0 Å². The Balaban J connectivity index is 1.47. The molecule has 134 valence electrons. The Morgan fingerprint density at radius 3 is 2.88 bits per heavy atom. The Bertz CT molecular complexity index is 993. The Labute approximate surface area is 161 Å². The van der Waals surface area contributed by atoms with Gasteiger partial charge in [0.15, 0.2) is 10.8 Å². The molecule has 10 heteroatoms. The van der Waals surface area contributed by atoms with E-state index in [0.717, 1.165) is 10.6 Å². The van der Waals surface area contributed by atoms with Crippen LogP contribution in [0.2, 0.25) is 4.34 Å². The topological polar surface area (TPSA) is 88.3 Å². The van der Waals surface area contributed by atoms with Gasteiger partial charge in [-0.1, -0.05) is 28.1 Å². The summed E-state index contributed by atoms with van der Waals surface area (Å²) in [5.41, 5.74) is 1.12. The number of halogens is 1. The summed E-state index contributed by atoms with van der Waals surface area (Å²) in [6, 6.07) is 5.03. The molecule has 0 fully saturated rings. The molecule has 1 N–H and O–H groups in total. The minimum absolute atomic E-state index is 0.0374. The van der Waals surface area contributed by atoms with E-state index in [9.17, 15) is 9.59 Å². The number of thiophene rings is 1. The summed E-state index contributed by atoms with van der Waals surface area (Å²) in [4.78, 5) is 32.6. The van der Waals surface area contributed by atoms with E-state index in [1.54, 1.807) is 30.0 Å². The molecule has 0 aromatic carbocycles. The third-order valence-corrected chi connectivity index (χ3v) is 6.10. The summed E-state index contributed by atoms with van der Waals surface area (Å²) in [5.74, 6) is 0.162. The average Bonchev–Trinajstić information content (AvgIpc) is 3.32. The van der Waals surface area contributed by atoms with Crippen LogP contribution in [0.5, 0.6) is 0 Å². The molecule has 0 bridgehead atoms. The number of rotatable bonds is 3. The van der Waals surface area contributed by atoms with E-state index >= 15 is 0 Å². The van der Waals surface area contributed by atoms with Crippen LogP contribution in [-0.4, -0.2) is 33.4 Å². The molecule has 3 aromatic heterocycles. The zero-order valence-electron chi connectivity index (χ0n) is 13.6. The van der Waals surface area contributed by atoms with Crippen molar-refractivity contribution in [3.05, 3.63) is 49.4 Å². The number of anilines is 1. The summed E-state index contributed by atoms with van der Waals surface area (Å²) in [6.45, 7) is 2.78. The summed E-state index contributed by atoms with van der Waals surface area (Å²) in [7, 11) is 0. The smallest absolute Gasteiger partial charge is 0.279 e. The molecule has 0 spiro atoms. The van der Waals surface area contributed by atoms with Crippen molar-refractivity contribution in [3.8, 4) is 0 Å². The maximum atomic E-state index is 12.6. The van der Waals surface area contributed by atoms with Crippen LogP contribution >= 0.6 is 34.3 Å². The maximum absolute atomic E-state index is 12.6. The molecule has 0 saturated heterocycles. The first-order valence-electron chi connectivity index (χ1n) is 7.77. The van der Waals surface area contributed by atoms with Gasteiger partial charge in [-0.25, -0.2) is 4.98 Å². The van der Waals surface area contributed by atoms with Gasteiger partial charge in [0.2, 0.25) is 0 Å². The van der Waals surface area contributed by atoms with E-state index in [1.165, 1.54) is 22.7 Å². The fraction of sp³-hybridized carbons (Fsp3) is 0.250. The normalized spacial score (nSPS) is 13.5. The van der Waals surface area contributed by atoms with Crippen molar-refractivity contribution >= 4 is 51.2 Å². The molecule has 1 aliphatic rings. The third kappa shape index (κ3) is 3.37. The number of carbonyl (C=O) groups is 2. The van der Waals surface area contributed by atoms with Crippen LogP contribution in [0, 0.1) is 6.92 Å². The second-order valence-corrected chi connectivity index (χ2v) is 8.54. The van der Waals surface area contributed by atoms with Crippen LogP contribution in [0.15, 0.2) is 22.7 Å². The molecule has 4 heterocycles. The monoisotopic (exact) mass is 408 g/mol. The number of thiazole rings is 1. The molecule has 3 aromatic rings. The lowest BCUT2D eigenvalue weighted by atomic mass is 10.2. The minimum Gasteiger partial charge on any atom is -0.361 e. The first kappa shape index (κ1) is 17.2. The zero-order chi connectivity index (χ0) is 18.3. The van der Waals surface area contributed by atoms with Crippen molar-refractivity contribution < 1.29 is 14.1 Å². The maximum Gasteiger partial charge on any atom is 0.279 e. The fourth-order valence-electron chi connectivity index (χ4n) is 2.64. The number of nitrogens with zero attached hydrogens (tertiary/aromatic N) is 3. The highest BCUT2D eigenvalue weighted by Crippen LogP contribution is 2.30. The SMILES string of the molecule is Cc1cc(C(=O)Nc2nc3c(s2)CN(C(=O)c2ccc(Cl)s2)CC3)no1. The van der Waals surface area contributed by atoms with Gasteiger partial charge in [-0.3, -0.25) is 14.9 Å². The number of nitrogens with one attached hydrogen (secondary N) is 1. The van der Waals surface area contributed by atoms with Crippen molar-refractivity contribution in [2.24, 2.45) is 0 Å². The summed E-state index contributed by atoms with van der Waals surface area (Å²) < 4.78 is 5.50.